The first-order valence-electron chi connectivity index (χ1n) is 5.11. The van der Waals surface area contributed by atoms with Crippen molar-refractivity contribution >= 4 is 39.1 Å². The third-order valence-corrected chi connectivity index (χ3v) is 3.52. The van der Waals surface area contributed by atoms with E-state index >= 15 is 0 Å². The molecule has 0 aliphatic heterocycles. The van der Waals surface area contributed by atoms with Crippen molar-refractivity contribution in [2.75, 3.05) is 18.3 Å². The van der Waals surface area contributed by atoms with Crippen molar-refractivity contribution in [1.29, 1.82) is 0 Å². The average molecular weight is 321 g/mol. The molecular formula is C12H15BrClNO2. The van der Waals surface area contributed by atoms with Crippen LogP contribution in [0.25, 0.3) is 0 Å². The minimum atomic E-state index is -0.616. The van der Waals surface area contributed by atoms with Gasteiger partial charge in [-0.05, 0) is 32.0 Å². The van der Waals surface area contributed by atoms with Gasteiger partial charge in [0.2, 0.25) is 5.91 Å². The van der Waals surface area contributed by atoms with Crippen LogP contribution < -0.4 is 10.1 Å². The summed E-state index contributed by atoms with van der Waals surface area (Å²) in [7, 11) is 1.56. The monoisotopic (exact) mass is 319 g/mol. The van der Waals surface area contributed by atoms with Crippen LogP contribution in [0, 0.1) is 5.41 Å². The lowest BCUT2D eigenvalue weighted by Crippen LogP contribution is -2.32. The van der Waals surface area contributed by atoms with Crippen molar-refractivity contribution in [3.63, 3.8) is 0 Å². The topological polar surface area (TPSA) is 38.3 Å². The molecule has 0 aromatic heterocycles. The van der Waals surface area contributed by atoms with Crippen LogP contribution in [0.5, 0.6) is 5.75 Å². The molecule has 1 aromatic rings. The number of ether oxygens (including phenoxy) is 1. The number of nitrogens with one attached hydrogen (secondary N) is 1. The zero-order valence-corrected chi connectivity index (χ0v) is 12.4. The van der Waals surface area contributed by atoms with E-state index < -0.39 is 5.41 Å². The third kappa shape index (κ3) is 3.61. The highest BCUT2D eigenvalue weighted by Crippen LogP contribution is 2.29. The van der Waals surface area contributed by atoms with Crippen LogP contribution in [-0.4, -0.2) is 18.9 Å². The number of hydrogen-bond donors (Lipinski definition) is 1. The van der Waals surface area contributed by atoms with E-state index in [0.29, 0.717) is 11.4 Å². The van der Waals surface area contributed by atoms with Gasteiger partial charge in [-0.1, -0.05) is 15.9 Å². The fraction of sp³-hybridized carbons (Fsp3) is 0.417. The maximum atomic E-state index is 12.0. The molecule has 5 heteroatoms. The summed E-state index contributed by atoms with van der Waals surface area (Å²) in [4.78, 5) is 12.0. The molecule has 1 rings (SSSR count). The summed E-state index contributed by atoms with van der Waals surface area (Å²) < 4.78 is 6.05. The van der Waals surface area contributed by atoms with Crippen LogP contribution in [0.3, 0.4) is 0 Å². The second kappa shape index (κ2) is 5.74. The van der Waals surface area contributed by atoms with Crippen molar-refractivity contribution in [2.45, 2.75) is 13.8 Å². The number of carbonyl (C=O) groups is 1. The lowest BCUT2D eigenvalue weighted by molar-refractivity contribution is -0.122. The molecule has 0 aliphatic rings. The van der Waals surface area contributed by atoms with Crippen LogP contribution in [0.2, 0.25) is 0 Å². The predicted molar refractivity (Wildman–Crippen MR) is 73.8 cm³/mol. The zero-order chi connectivity index (χ0) is 13.1. The summed E-state index contributed by atoms with van der Waals surface area (Å²) in [6.45, 7) is 3.58. The zero-order valence-electron chi connectivity index (χ0n) is 10.0. The van der Waals surface area contributed by atoms with Crippen molar-refractivity contribution in [3.8, 4) is 5.75 Å². The SMILES string of the molecule is COc1ccc(Br)cc1NC(=O)C(C)(C)CCl. The standard InChI is InChI=1S/C12H15BrClNO2/c1-12(2,7-14)11(16)15-9-6-8(13)4-5-10(9)17-3/h4-6H,7H2,1-3H3,(H,15,16). The fourth-order valence-corrected chi connectivity index (χ4v) is 1.61. The van der Waals surface area contributed by atoms with E-state index in [9.17, 15) is 4.79 Å². The Hall–Kier alpha value is -0.740. The number of carbonyl (C=O) groups excluding carboxylic acids is 1. The van der Waals surface area contributed by atoms with E-state index in [1.165, 1.54) is 0 Å². The Kier molecular flexibility index (Phi) is 4.83. The first-order chi connectivity index (χ1) is 7.90. The molecule has 1 amide bonds. The molecule has 3 nitrogen and oxygen atoms in total. The lowest BCUT2D eigenvalue weighted by atomic mass is 9.95. The number of anilines is 1. The maximum absolute atomic E-state index is 12.0. The molecule has 0 radical (unpaired) electrons. The van der Waals surface area contributed by atoms with Crippen LogP contribution in [0.4, 0.5) is 5.69 Å². The Morgan fingerprint density at radius 1 is 1.53 bits per heavy atom. The molecule has 0 aliphatic carbocycles. The molecule has 0 saturated heterocycles. The number of halogens is 2. The molecule has 0 heterocycles. The molecule has 0 fully saturated rings. The normalized spacial score (nSPS) is 11.1. The summed E-state index contributed by atoms with van der Waals surface area (Å²) in [5.41, 5.74) is 0.0135. The second-order valence-electron chi connectivity index (χ2n) is 4.32. The van der Waals surface area contributed by atoms with Gasteiger partial charge >= 0.3 is 0 Å². The van der Waals surface area contributed by atoms with E-state index in [1.54, 1.807) is 33.1 Å². The number of alkyl halides is 1. The molecule has 1 N–H and O–H groups in total. The largest absolute Gasteiger partial charge is 0.495 e. The van der Waals surface area contributed by atoms with Gasteiger partial charge in [0.05, 0.1) is 18.2 Å². The summed E-state index contributed by atoms with van der Waals surface area (Å²) in [6.07, 6.45) is 0. The van der Waals surface area contributed by atoms with Crippen LogP contribution in [0.15, 0.2) is 22.7 Å². The molecule has 94 valence electrons. The van der Waals surface area contributed by atoms with E-state index in [1.807, 2.05) is 6.07 Å². The second-order valence-corrected chi connectivity index (χ2v) is 5.50. The Bertz CT molecular complexity index is 421. The molecule has 0 bridgehead atoms. The number of benzene rings is 1. The highest BCUT2D eigenvalue weighted by atomic mass is 79.9. The maximum Gasteiger partial charge on any atom is 0.231 e. The van der Waals surface area contributed by atoms with Crippen molar-refractivity contribution in [1.82, 2.24) is 0 Å². The van der Waals surface area contributed by atoms with Gasteiger partial charge in [0.15, 0.2) is 0 Å². The van der Waals surface area contributed by atoms with E-state index in [0.717, 1.165) is 4.47 Å². The number of amides is 1. The van der Waals surface area contributed by atoms with Gasteiger partial charge in [-0.2, -0.15) is 0 Å². The van der Waals surface area contributed by atoms with Gasteiger partial charge in [0.25, 0.3) is 0 Å². The summed E-state index contributed by atoms with van der Waals surface area (Å²) >= 11 is 9.11. The van der Waals surface area contributed by atoms with E-state index in [2.05, 4.69) is 21.2 Å². The fourth-order valence-electron chi connectivity index (χ4n) is 1.13. The molecule has 0 unspecified atom stereocenters. The lowest BCUT2D eigenvalue weighted by Gasteiger charge is -2.21. The van der Waals surface area contributed by atoms with E-state index in [-0.39, 0.29) is 11.8 Å². The smallest absolute Gasteiger partial charge is 0.231 e. The Labute approximate surface area is 115 Å². The molecule has 17 heavy (non-hydrogen) atoms. The average Bonchev–Trinajstić information content (AvgIpc) is 2.29. The molecule has 0 saturated carbocycles. The van der Waals surface area contributed by atoms with Crippen LogP contribution >= 0.6 is 27.5 Å². The third-order valence-electron chi connectivity index (χ3n) is 2.36. The summed E-state index contributed by atoms with van der Waals surface area (Å²) in [5.74, 6) is 0.741. The number of hydrogen-bond acceptors (Lipinski definition) is 2. The first-order valence-corrected chi connectivity index (χ1v) is 6.44. The minimum absolute atomic E-state index is 0.135. The van der Waals surface area contributed by atoms with Gasteiger partial charge in [0.1, 0.15) is 5.75 Å². The minimum Gasteiger partial charge on any atom is -0.495 e. The van der Waals surface area contributed by atoms with E-state index in [4.69, 9.17) is 16.3 Å². The van der Waals surface area contributed by atoms with Crippen molar-refractivity contribution in [2.24, 2.45) is 5.41 Å². The van der Waals surface area contributed by atoms with Gasteiger partial charge in [-0.25, -0.2) is 0 Å². The predicted octanol–water partition coefficient (Wildman–Crippen LogP) is 3.66. The van der Waals surface area contributed by atoms with Gasteiger partial charge in [-0.3, -0.25) is 4.79 Å². The summed E-state index contributed by atoms with van der Waals surface area (Å²) in [5, 5.41) is 2.82. The summed E-state index contributed by atoms with van der Waals surface area (Å²) in [6, 6.07) is 5.43. The highest BCUT2D eigenvalue weighted by molar-refractivity contribution is 9.10. The first kappa shape index (κ1) is 14.3. The van der Waals surface area contributed by atoms with Gasteiger partial charge < -0.3 is 10.1 Å². The quantitative estimate of drug-likeness (QED) is 0.860. The Morgan fingerprint density at radius 2 is 2.18 bits per heavy atom. The van der Waals surface area contributed by atoms with Crippen LogP contribution in [0.1, 0.15) is 13.8 Å². The highest BCUT2D eigenvalue weighted by Gasteiger charge is 2.27. The molecule has 0 atom stereocenters. The van der Waals surface area contributed by atoms with Gasteiger partial charge in [0, 0.05) is 10.4 Å². The number of rotatable bonds is 4. The Morgan fingerprint density at radius 3 is 2.71 bits per heavy atom. The van der Waals surface area contributed by atoms with Crippen LogP contribution in [-0.2, 0) is 4.79 Å². The Balaban J connectivity index is 2.95. The van der Waals surface area contributed by atoms with Gasteiger partial charge in [-0.15, -0.1) is 11.6 Å². The molecule has 1 aromatic carbocycles. The number of methoxy groups -OCH3 is 1. The van der Waals surface area contributed by atoms with Crippen molar-refractivity contribution in [3.05, 3.63) is 22.7 Å². The molecule has 0 spiro atoms. The molecular weight excluding hydrogens is 305 g/mol. The van der Waals surface area contributed by atoms with Crippen molar-refractivity contribution < 1.29 is 9.53 Å².